The van der Waals surface area contributed by atoms with Gasteiger partial charge in [0.1, 0.15) is 17.2 Å². The average molecular weight is 1520 g/mol. The van der Waals surface area contributed by atoms with Crippen molar-refractivity contribution >= 4 is 36.2 Å². The van der Waals surface area contributed by atoms with E-state index >= 15 is 0 Å². The Hall–Kier alpha value is -8.42. The van der Waals surface area contributed by atoms with Crippen LogP contribution >= 0.6 is 0 Å². The summed E-state index contributed by atoms with van der Waals surface area (Å²) in [7, 11) is 2.03. The number of aliphatic carboxylic acids is 1. The molecule has 3 atom stereocenters. The zero-order chi connectivity index (χ0) is 80.9. The van der Waals surface area contributed by atoms with Crippen molar-refractivity contribution in [1.29, 1.82) is 0 Å². The Labute approximate surface area is 628 Å². The fourth-order valence-electron chi connectivity index (χ4n) is 12.8. The topological polar surface area (TPSA) is 164 Å². The number of rotatable bonds is 15. The maximum Gasteiger partial charge on any atom is 0.489 e. The normalized spacial score (nSPS) is 16.2. The first-order chi connectivity index (χ1) is 49.8. The molecule has 0 bridgehead atoms. The van der Waals surface area contributed by atoms with Crippen LogP contribution in [-0.2, 0) is 85.2 Å². The molecule has 108 heavy (non-hydrogen) atoms. The molecular weight excluding hydrogens is 1410 g/mol. The molecule has 0 amide bonds. The minimum Gasteiger partial charge on any atom is -0.493 e. The summed E-state index contributed by atoms with van der Waals surface area (Å²) in [5, 5.41) is 9.94. The molecule has 0 radical (unpaired) electrons. The zero-order valence-electron chi connectivity index (χ0n) is 65.1. The number of aryl methyl sites for hydroxylation is 4. The first-order valence-electron chi connectivity index (χ1n) is 35.5. The highest BCUT2D eigenvalue weighted by Crippen LogP contribution is 2.51. The third-order valence-corrected chi connectivity index (χ3v) is 18.3. The molecule has 24 heteroatoms. The highest BCUT2D eigenvalue weighted by atomic mass is 19.4. The number of hydrogen-bond donors (Lipinski definition) is 1. The number of methoxy groups -OCH3 is 2. The number of halogens is 9. The first-order valence-corrected chi connectivity index (χ1v) is 35.5. The van der Waals surface area contributed by atoms with Crippen molar-refractivity contribution in [2.24, 2.45) is 0 Å². The Morgan fingerprint density at radius 2 is 0.759 bits per heavy atom. The van der Waals surface area contributed by atoms with E-state index in [0.717, 1.165) is 98.9 Å². The van der Waals surface area contributed by atoms with E-state index in [2.05, 4.69) is 19.7 Å². The maximum atomic E-state index is 14.3. The van der Waals surface area contributed by atoms with Gasteiger partial charge in [0.2, 0.25) is 0 Å². The molecule has 0 spiro atoms. The van der Waals surface area contributed by atoms with Gasteiger partial charge in [-0.1, -0.05) is 66.2 Å². The molecule has 1 N–H and O–H groups in total. The van der Waals surface area contributed by atoms with Gasteiger partial charge in [0, 0.05) is 16.7 Å². The lowest BCUT2D eigenvalue weighted by Crippen LogP contribution is -2.41. The van der Waals surface area contributed by atoms with Gasteiger partial charge in [0.05, 0.1) is 78.7 Å². The number of carboxylic acid groups (broad SMARTS) is 1. The molecule has 6 aromatic carbocycles. The van der Waals surface area contributed by atoms with Crippen LogP contribution in [0, 0.1) is 6.92 Å². The highest BCUT2D eigenvalue weighted by molar-refractivity contribution is 6.54. The van der Waals surface area contributed by atoms with E-state index in [9.17, 15) is 59.0 Å². The zero-order valence-corrected chi connectivity index (χ0v) is 65.1. The van der Waals surface area contributed by atoms with Crippen molar-refractivity contribution in [3.63, 3.8) is 0 Å². The number of benzene rings is 6. The number of hydrogen-bond acceptors (Lipinski definition) is 13. The number of esters is 2. The number of fused-ring (bicyclic) bond motifs is 3. The Bertz CT molecular complexity index is 4300. The molecule has 0 aromatic heterocycles. The molecule has 0 aliphatic carbocycles. The lowest BCUT2D eigenvalue weighted by Gasteiger charge is -2.32. The van der Waals surface area contributed by atoms with Crippen LogP contribution < -0.4 is 14.2 Å². The Balaban J connectivity index is 0.000000209. The second-order valence-electron chi connectivity index (χ2n) is 31.1. The van der Waals surface area contributed by atoms with E-state index in [4.69, 9.17) is 47.2 Å². The van der Waals surface area contributed by atoms with Crippen molar-refractivity contribution < 1.29 is 106 Å². The maximum absolute atomic E-state index is 14.3. The molecule has 6 aromatic rings. The van der Waals surface area contributed by atoms with Gasteiger partial charge in [-0.25, -0.2) is 14.4 Å². The minimum atomic E-state index is -4.77. The lowest BCUT2D eigenvalue weighted by atomic mass is 9.81. The Morgan fingerprint density at radius 1 is 0.463 bits per heavy atom. The molecule has 10 rings (SSSR count). The molecule has 0 saturated carbocycles. The second-order valence-corrected chi connectivity index (χ2v) is 31.1. The Morgan fingerprint density at radius 3 is 1.04 bits per heavy atom. The van der Waals surface area contributed by atoms with Gasteiger partial charge in [-0.3, -0.25) is 0 Å². The van der Waals surface area contributed by atoms with E-state index in [1.165, 1.54) is 18.2 Å². The van der Waals surface area contributed by atoms with Crippen LogP contribution in [0.1, 0.15) is 215 Å². The van der Waals surface area contributed by atoms with Gasteiger partial charge in [-0.15, -0.1) is 6.58 Å². The second kappa shape index (κ2) is 33.8. The summed E-state index contributed by atoms with van der Waals surface area (Å²) >= 11 is 0. The van der Waals surface area contributed by atoms with Crippen LogP contribution in [0.2, 0.25) is 0 Å². The SMILES string of the molecule is C=C(C)B1OC(C)(C)C(C)(C)O1.C=C(C)c1ccc(C(F)(F)F)c(C(OC(C)(C)C)C(=O)O)c1-c1ccc2c(c1)CCCO2.C=C(C)c1ccc(C(F)(F)F)c(C(OC(C)(C)C)C(=O)OC)c1-c1ccc2c(c1)CCCO2.COC(=O)C(OC(C)(C)C)c1c(C(F)(F)F)ccc(C)c1-c1ccc2c(c1)CCCO2. The van der Waals surface area contributed by atoms with Crippen molar-refractivity contribution in [2.75, 3.05) is 34.0 Å². The molecular formula is C84H100BF9O14. The summed E-state index contributed by atoms with van der Waals surface area (Å²) < 4.78 is 183. The van der Waals surface area contributed by atoms with E-state index in [1.54, 1.807) is 126 Å². The number of alkyl halides is 9. The van der Waals surface area contributed by atoms with Crippen molar-refractivity contribution in [2.45, 2.75) is 221 Å². The third-order valence-electron chi connectivity index (χ3n) is 18.3. The van der Waals surface area contributed by atoms with Crippen LogP contribution in [0.4, 0.5) is 39.5 Å². The van der Waals surface area contributed by atoms with E-state index in [1.807, 2.05) is 46.8 Å². The van der Waals surface area contributed by atoms with Crippen LogP contribution in [-0.4, -0.2) is 92.2 Å². The number of allylic oxidation sites excluding steroid dienone is 3. The molecule has 586 valence electrons. The number of carbonyl (C=O) groups is 3. The van der Waals surface area contributed by atoms with Gasteiger partial charge in [-0.2, -0.15) is 39.5 Å². The van der Waals surface area contributed by atoms with Crippen molar-refractivity contribution in [1.82, 2.24) is 0 Å². The van der Waals surface area contributed by atoms with Gasteiger partial charge >= 0.3 is 43.6 Å². The lowest BCUT2D eigenvalue weighted by molar-refractivity contribution is -0.167. The van der Waals surface area contributed by atoms with E-state index in [-0.39, 0.29) is 40.6 Å². The molecule has 14 nitrogen and oxygen atoms in total. The monoisotopic (exact) mass is 1510 g/mol. The van der Waals surface area contributed by atoms with Crippen molar-refractivity contribution in [3.8, 4) is 50.6 Å². The van der Waals surface area contributed by atoms with Crippen LogP contribution in [0.25, 0.3) is 44.5 Å². The third kappa shape index (κ3) is 21.3. The van der Waals surface area contributed by atoms with Crippen LogP contribution in [0.15, 0.2) is 116 Å². The number of carbonyl (C=O) groups excluding carboxylic acids is 2. The summed E-state index contributed by atoms with van der Waals surface area (Å²) in [6, 6.07) is 22.8. The van der Waals surface area contributed by atoms with Gasteiger partial charge in [-0.05, 0) is 278 Å². The quantitative estimate of drug-likeness (QED) is 0.0587. The molecule has 1 fully saturated rings. The summed E-state index contributed by atoms with van der Waals surface area (Å²) in [5.74, 6) is -1.15. The molecule has 3 unspecified atom stereocenters. The average Bonchev–Trinajstić information content (AvgIpc) is 0.974. The van der Waals surface area contributed by atoms with Gasteiger partial charge in [0.15, 0.2) is 18.3 Å². The predicted molar refractivity (Wildman–Crippen MR) is 400 cm³/mol. The van der Waals surface area contributed by atoms with Crippen LogP contribution in [0.3, 0.4) is 0 Å². The first kappa shape index (κ1) is 86.8. The van der Waals surface area contributed by atoms with E-state index < -0.39 is 93.8 Å². The largest absolute Gasteiger partial charge is 0.493 e. The number of carboxylic acids is 1. The number of ether oxygens (including phenoxy) is 8. The van der Waals surface area contributed by atoms with Gasteiger partial charge in [0.25, 0.3) is 0 Å². The summed E-state index contributed by atoms with van der Waals surface area (Å²) in [4.78, 5) is 37.7. The molecule has 4 aliphatic heterocycles. The summed E-state index contributed by atoms with van der Waals surface area (Å²) in [5.41, 5.74) is 1.47. The predicted octanol–water partition coefficient (Wildman–Crippen LogP) is 21.7. The van der Waals surface area contributed by atoms with Crippen molar-refractivity contribution in [3.05, 3.63) is 183 Å². The molecule has 4 aliphatic rings. The van der Waals surface area contributed by atoms with Gasteiger partial charge < -0.3 is 52.3 Å². The minimum absolute atomic E-state index is 0.164. The summed E-state index contributed by atoms with van der Waals surface area (Å²) in [6.07, 6.45) is -14.4. The smallest absolute Gasteiger partial charge is 0.489 e. The fourth-order valence-corrected chi connectivity index (χ4v) is 12.8. The molecule has 1 saturated heterocycles. The highest BCUT2D eigenvalue weighted by Gasteiger charge is 2.52. The van der Waals surface area contributed by atoms with E-state index in [0.29, 0.717) is 81.4 Å². The molecule has 4 heterocycles. The fraction of sp³-hybridized carbons (Fsp3) is 0.464. The summed E-state index contributed by atoms with van der Waals surface area (Å²) in [6.45, 7) is 43.6. The Kier molecular flexibility index (Phi) is 27.2. The van der Waals surface area contributed by atoms with Crippen LogP contribution in [0.5, 0.6) is 17.2 Å². The standard InChI is InChI=1S/C26H29F3O4.C25H27F3O4.C24H27F3O4.C9H17BO2/c1-15(2)18-10-11-19(26(27,28)29)22(23(24(30)31-6)33-25(3,4)5)21(18)17-9-12-20-16(14-17)8-7-13-32-20;1-14(2)17-9-10-18(25(26,27)28)21(22(23(29)30)32-24(3,4)5)20(17)16-8-11-19-15(13-16)7-6-12-31-19;1-14-8-10-17(24(25,26)27)20(21(22(28)29-5)31-23(2,3)4)19(14)16-9-11-18-15(13-16)7-6-12-30-18;1-7(2)10-11-8(3,4)9(5,6)12-10/h9-12,14,23H,1,7-8,13H2,2-6H3;8-11,13,22H,1,6-7,12H2,2-5H3,(H,29,30);8-11,13,21H,6-7,12H2,1-5H3;1H2,2-6H3.